The second kappa shape index (κ2) is 5.27. The highest BCUT2D eigenvalue weighted by Crippen LogP contribution is 2.23. The summed E-state index contributed by atoms with van der Waals surface area (Å²) < 4.78 is 0. The van der Waals surface area contributed by atoms with Gasteiger partial charge >= 0.3 is 0 Å². The number of nitrogens with two attached hydrogens (primary N) is 1. The zero-order valence-electron chi connectivity index (χ0n) is 10.5. The smallest absolute Gasteiger partial charge is 0.170 e. The van der Waals surface area contributed by atoms with E-state index in [9.17, 15) is 5.11 Å². The van der Waals surface area contributed by atoms with Crippen molar-refractivity contribution in [2.24, 2.45) is 16.8 Å². The molecule has 1 saturated heterocycles. The molecule has 0 aliphatic carbocycles. The maximum Gasteiger partial charge on any atom is 0.170 e. The van der Waals surface area contributed by atoms with Crippen LogP contribution in [0.15, 0.2) is 29.4 Å². The molecule has 5 heteroatoms. The minimum Gasteiger partial charge on any atom is -0.409 e. The van der Waals surface area contributed by atoms with Gasteiger partial charge in [0.15, 0.2) is 5.84 Å². The van der Waals surface area contributed by atoms with Crippen LogP contribution in [0.1, 0.15) is 18.9 Å². The number of anilines is 1. The lowest BCUT2D eigenvalue weighted by molar-refractivity contribution is 0.103. The van der Waals surface area contributed by atoms with Crippen molar-refractivity contribution < 1.29 is 10.3 Å². The highest BCUT2D eigenvalue weighted by molar-refractivity contribution is 5.97. The second-order valence-corrected chi connectivity index (χ2v) is 4.81. The number of benzene rings is 1. The van der Waals surface area contributed by atoms with Crippen molar-refractivity contribution in [3.8, 4) is 0 Å². The van der Waals surface area contributed by atoms with E-state index >= 15 is 0 Å². The van der Waals surface area contributed by atoms with Gasteiger partial charge in [-0.15, -0.1) is 0 Å². The number of oxime groups is 1. The Kier molecular flexibility index (Phi) is 3.72. The summed E-state index contributed by atoms with van der Waals surface area (Å²) in [6.45, 7) is 3.68. The molecule has 1 aromatic rings. The molecular formula is C13H19N3O2. The number of aliphatic hydroxyl groups excluding tert-OH is 1. The molecule has 0 spiro atoms. The molecule has 0 radical (unpaired) electrons. The molecule has 1 heterocycles. The zero-order valence-corrected chi connectivity index (χ0v) is 10.5. The predicted octanol–water partition coefficient (Wildman–Crippen LogP) is 0.988. The van der Waals surface area contributed by atoms with Crippen molar-refractivity contribution >= 4 is 11.5 Å². The fraction of sp³-hybridized carbons (Fsp3) is 0.462. The van der Waals surface area contributed by atoms with Gasteiger partial charge in [0.1, 0.15) is 0 Å². The molecule has 0 saturated carbocycles. The predicted molar refractivity (Wildman–Crippen MR) is 71.0 cm³/mol. The van der Waals surface area contributed by atoms with Crippen molar-refractivity contribution in [2.75, 3.05) is 18.0 Å². The van der Waals surface area contributed by atoms with Gasteiger partial charge in [-0.25, -0.2) is 0 Å². The fourth-order valence-corrected chi connectivity index (χ4v) is 2.18. The van der Waals surface area contributed by atoms with E-state index in [1.54, 1.807) is 0 Å². The number of hydrogen-bond donors (Lipinski definition) is 3. The standard InChI is InChI=1S/C13H19N3O2/c1-9-6-7-16(8-12(9)17)11-4-2-10(3-5-11)13(14)15-18/h2-5,9,12,17-18H,6-8H2,1H3,(H2,14,15). The maximum absolute atomic E-state index is 9.88. The Morgan fingerprint density at radius 1 is 1.39 bits per heavy atom. The first kappa shape index (κ1) is 12.7. The van der Waals surface area contributed by atoms with E-state index in [1.807, 2.05) is 24.3 Å². The molecule has 98 valence electrons. The molecule has 1 aliphatic heterocycles. The van der Waals surface area contributed by atoms with Crippen molar-refractivity contribution in [3.63, 3.8) is 0 Å². The minimum absolute atomic E-state index is 0.105. The molecule has 1 fully saturated rings. The van der Waals surface area contributed by atoms with Crippen LogP contribution in [0.4, 0.5) is 5.69 Å². The van der Waals surface area contributed by atoms with Crippen LogP contribution >= 0.6 is 0 Å². The van der Waals surface area contributed by atoms with E-state index in [0.29, 0.717) is 18.0 Å². The number of β-amino-alcohol motifs (C(OH)–C–C–N with tert-alkyl or cyclic N) is 1. The van der Waals surface area contributed by atoms with E-state index in [4.69, 9.17) is 10.9 Å². The van der Waals surface area contributed by atoms with Gasteiger partial charge in [0.2, 0.25) is 0 Å². The summed E-state index contributed by atoms with van der Waals surface area (Å²) in [6, 6.07) is 7.48. The SMILES string of the molecule is CC1CCN(c2ccc(/C(N)=N/O)cc2)CC1O. The van der Waals surface area contributed by atoms with Crippen molar-refractivity contribution in [1.82, 2.24) is 0 Å². The quantitative estimate of drug-likeness (QED) is 0.316. The molecule has 2 atom stereocenters. The van der Waals surface area contributed by atoms with Gasteiger partial charge in [0, 0.05) is 24.3 Å². The summed E-state index contributed by atoms with van der Waals surface area (Å²) in [5, 5.41) is 21.4. The Balaban J connectivity index is 2.10. The lowest BCUT2D eigenvalue weighted by Gasteiger charge is -2.35. The number of hydrogen-bond acceptors (Lipinski definition) is 4. The minimum atomic E-state index is -0.275. The summed E-state index contributed by atoms with van der Waals surface area (Å²) in [5.41, 5.74) is 7.25. The lowest BCUT2D eigenvalue weighted by atomic mass is 9.95. The number of amidine groups is 1. The first-order valence-electron chi connectivity index (χ1n) is 6.13. The number of rotatable bonds is 2. The van der Waals surface area contributed by atoms with Crippen molar-refractivity contribution in [2.45, 2.75) is 19.4 Å². The zero-order chi connectivity index (χ0) is 13.1. The Bertz CT molecular complexity index is 430. The Hall–Kier alpha value is -1.75. The van der Waals surface area contributed by atoms with Crippen LogP contribution in [0.5, 0.6) is 0 Å². The van der Waals surface area contributed by atoms with Crippen molar-refractivity contribution in [3.05, 3.63) is 29.8 Å². The third-order valence-electron chi connectivity index (χ3n) is 3.55. The van der Waals surface area contributed by atoms with Gasteiger partial charge in [-0.2, -0.15) is 0 Å². The normalized spacial score (nSPS) is 25.2. The van der Waals surface area contributed by atoms with Gasteiger partial charge in [-0.1, -0.05) is 12.1 Å². The molecule has 5 nitrogen and oxygen atoms in total. The number of aliphatic hydroxyl groups is 1. The van der Waals surface area contributed by atoms with E-state index in [2.05, 4.69) is 17.0 Å². The number of piperidine rings is 1. The third kappa shape index (κ3) is 2.56. The summed E-state index contributed by atoms with van der Waals surface area (Å²) in [7, 11) is 0. The van der Waals surface area contributed by atoms with Crippen LogP contribution in [0, 0.1) is 5.92 Å². The molecule has 0 aromatic heterocycles. The topological polar surface area (TPSA) is 82.1 Å². The van der Waals surface area contributed by atoms with E-state index < -0.39 is 0 Å². The highest BCUT2D eigenvalue weighted by atomic mass is 16.4. The van der Waals surface area contributed by atoms with Crippen LogP contribution in [-0.4, -0.2) is 35.3 Å². The molecule has 2 unspecified atom stereocenters. The first-order chi connectivity index (χ1) is 8.61. The van der Waals surface area contributed by atoms with Crippen LogP contribution < -0.4 is 10.6 Å². The summed E-state index contributed by atoms with van der Waals surface area (Å²) >= 11 is 0. The van der Waals surface area contributed by atoms with E-state index in [-0.39, 0.29) is 11.9 Å². The van der Waals surface area contributed by atoms with E-state index in [1.165, 1.54) is 0 Å². The molecule has 4 N–H and O–H groups in total. The number of nitrogens with zero attached hydrogens (tertiary/aromatic N) is 2. The van der Waals surface area contributed by atoms with Gasteiger partial charge in [-0.05, 0) is 36.6 Å². The molecule has 1 aliphatic rings. The van der Waals surface area contributed by atoms with Gasteiger partial charge in [0.05, 0.1) is 6.10 Å². The average Bonchev–Trinajstić information content (AvgIpc) is 2.41. The molecule has 0 amide bonds. The lowest BCUT2D eigenvalue weighted by Crippen LogP contribution is -2.42. The first-order valence-corrected chi connectivity index (χ1v) is 6.13. The summed E-state index contributed by atoms with van der Waals surface area (Å²) in [4.78, 5) is 2.15. The van der Waals surface area contributed by atoms with Gasteiger partial charge in [0.25, 0.3) is 0 Å². The van der Waals surface area contributed by atoms with Gasteiger partial charge < -0.3 is 20.9 Å². The summed E-state index contributed by atoms with van der Waals surface area (Å²) in [5.74, 6) is 0.464. The average molecular weight is 249 g/mol. The molecule has 2 rings (SSSR count). The summed E-state index contributed by atoms with van der Waals surface area (Å²) in [6.07, 6.45) is 0.714. The molecular weight excluding hydrogens is 230 g/mol. The highest BCUT2D eigenvalue weighted by Gasteiger charge is 2.24. The molecule has 1 aromatic carbocycles. The Morgan fingerprint density at radius 2 is 2.06 bits per heavy atom. The largest absolute Gasteiger partial charge is 0.409 e. The Labute approximate surface area is 107 Å². The van der Waals surface area contributed by atoms with Crippen molar-refractivity contribution in [1.29, 1.82) is 0 Å². The van der Waals surface area contributed by atoms with Crippen LogP contribution in [0.3, 0.4) is 0 Å². The fourth-order valence-electron chi connectivity index (χ4n) is 2.18. The Morgan fingerprint density at radius 3 is 2.61 bits per heavy atom. The van der Waals surface area contributed by atoms with Crippen LogP contribution in [0.2, 0.25) is 0 Å². The van der Waals surface area contributed by atoms with E-state index in [0.717, 1.165) is 18.7 Å². The maximum atomic E-state index is 9.88. The monoisotopic (exact) mass is 249 g/mol. The molecule has 18 heavy (non-hydrogen) atoms. The second-order valence-electron chi connectivity index (χ2n) is 4.81. The van der Waals surface area contributed by atoms with Crippen LogP contribution in [-0.2, 0) is 0 Å². The van der Waals surface area contributed by atoms with Gasteiger partial charge in [-0.3, -0.25) is 0 Å². The van der Waals surface area contributed by atoms with Crippen LogP contribution in [0.25, 0.3) is 0 Å². The third-order valence-corrected chi connectivity index (χ3v) is 3.55. The molecule has 0 bridgehead atoms.